The molecule has 0 spiro atoms. The summed E-state index contributed by atoms with van der Waals surface area (Å²) >= 11 is 0. The van der Waals surface area contributed by atoms with Crippen LogP contribution in [0.25, 0.3) is 0 Å². The van der Waals surface area contributed by atoms with Gasteiger partial charge >= 0.3 is 0 Å². The van der Waals surface area contributed by atoms with Crippen LogP contribution in [0.1, 0.15) is 33.1 Å². The summed E-state index contributed by atoms with van der Waals surface area (Å²) < 4.78 is 0. The molecule has 84 valence electrons. The molecule has 0 radical (unpaired) electrons. The fourth-order valence-electron chi connectivity index (χ4n) is 3.16. The molecule has 1 unspecified atom stereocenters. The Bertz CT molecular complexity index is 275. The minimum absolute atomic E-state index is 0.232. The molecule has 0 amide bonds. The van der Waals surface area contributed by atoms with E-state index in [1.807, 2.05) is 0 Å². The van der Waals surface area contributed by atoms with Crippen molar-refractivity contribution in [1.29, 1.82) is 5.26 Å². The Morgan fingerprint density at radius 3 is 2.60 bits per heavy atom. The van der Waals surface area contributed by atoms with E-state index in [1.54, 1.807) is 0 Å². The molecule has 15 heavy (non-hydrogen) atoms. The highest BCUT2D eigenvalue weighted by molar-refractivity contribution is 5.03. The van der Waals surface area contributed by atoms with Crippen LogP contribution in [0.4, 0.5) is 0 Å². The average molecular weight is 207 g/mol. The molecule has 2 aliphatic rings. The van der Waals surface area contributed by atoms with Crippen molar-refractivity contribution in [2.45, 2.75) is 50.7 Å². The van der Waals surface area contributed by atoms with E-state index in [4.69, 9.17) is 5.26 Å². The van der Waals surface area contributed by atoms with Crippen LogP contribution in [0.2, 0.25) is 0 Å². The fraction of sp³-hybridized carbons (Fsp3) is 0.917. The normalized spacial score (nSPS) is 32.5. The van der Waals surface area contributed by atoms with Crippen LogP contribution in [0, 0.1) is 11.3 Å². The Balaban J connectivity index is 2.15. The monoisotopic (exact) mass is 207 g/mol. The van der Waals surface area contributed by atoms with Crippen LogP contribution in [-0.2, 0) is 0 Å². The SMILES string of the molecule is CN1CC(CC#N)N(C2CC2)C(C)(C)C1. The lowest BCUT2D eigenvalue weighted by atomic mass is 9.93. The van der Waals surface area contributed by atoms with Crippen LogP contribution >= 0.6 is 0 Å². The number of piperazine rings is 1. The quantitative estimate of drug-likeness (QED) is 0.686. The van der Waals surface area contributed by atoms with E-state index in [2.05, 4.69) is 36.8 Å². The third-order valence-electron chi connectivity index (χ3n) is 3.54. The number of nitrogens with zero attached hydrogens (tertiary/aromatic N) is 3. The first-order chi connectivity index (χ1) is 7.04. The molecule has 0 aromatic carbocycles. The first-order valence-electron chi connectivity index (χ1n) is 5.88. The van der Waals surface area contributed by atoms with E-state index in [9.17, 15) is 0 Å². The van der Waals surface area contributed by atoms with E-state index in [0.29, 0.717) is 12.5 Å². The Kier molecular flexibility index (Phi) is 2.74. The molecule has 1 saturated carbocycles. The van der Waals surface area contributed by atoms with Crippen molar-refractivity contribution in [2.24, 2.45) is 0 Å². The summed E-state index contributed by atoms with van der Waals surface area (Å²) in [7, 11) is 2.16. The lowest BCUT2D eigenvalue weighted by Crippen LogP contribution is -2.63. The molecule has 1 aliphatic heterocycles. The highest BCUT2D eigenvalue weighted by Gasteiger charge is 2.45. The molecule has 1 heterocycles. The van der Waals surface area contributed by atoms with Crippen molar-refractivity contribution >= 4 is 0 Å². The molecule has 3 nitrogen and oxygen atoms in total. The van der Waals surface area contributed by atoms with Crippen LogP contribution in [0.3, 0.4) is 0 Å². The summed E-state index contributed by atoms with van der Waals surface area (Å²) in [4.78, 5) is 4.97. The third kappa shape index (κ3) is 2.16. The lowest BCUT2D eigenvalue weighted by molar-refractivity contribution is -0.0205. The molecule has 2 rings (SSSR count). The summed E-state index contributed by atoms with van der Waals surface area (Å²) in [5.74, 6) is 0. The number of hydrogen-bond acceptors (Lipinski definition) is 3. The summed E-state index contributed by atoms with van der Waals surface area (Å²) in [6, 6.07) is 3.54. The zero-order chi connectivity index (χ0) is 11.1. The predicted molar refractivity (Wildman–Crippen MR) is 60.5 cm³/mol. The maximum atomic E-state index is 8.90. The Hall–Kier alpha value is -0.590. The average Bonchev–Trinajstić information content (AvgIpc) is 2.85. The van der Waals surface area contributed by atoms with Crippen LogP contribution in [0.15, 0.2) is 0 Å². The van der Waals surface area contributed by atoms with Gasteiger partial charge in [0.05, 0.1) is 12.5 Å². The van der Waals surface area contributed by atoms with Gasteiger partial charge in [-0.1, -0.05) is 0 Å². The van der Waals surface area contributed by atoms with Crippen molar-refractivity contribution in [1.82, 2.24) is 9.80 Å². The summed E-state index contributed by atoms with van der Waals surface area (Å²) in [5.41, 5.74) is 0.232. The Morgan fingerprint density at radius 2 is 2.07 bits per heavy atom. The van der Waals surface area contributed by atoms with Gasteiger partial charge in [0.2, 0.25) is 0 Å². The van der Waals surface area contributed by atoms with Gasteiger partial charge in [-0.25, -0.2) is 0 Å². The smallest absolute Gasteiger partial charge is 0.0638 e. The molecule has 1 atom stereocenters. The fourth-order valence-corrected chi connectivity index (χ4v) is 3.16. The van der Waals surface area contributed by atoms with Crippen molar-refractivity contribution in [3.63, 3.8) is 0 Å². The van der Waals surface area contributed by atoms with Crippen LogP contribution in [0.5, 0.6) is 0 Å². The molecule has 2 fully saturated rings. The highest BCUT2D eigenvalue weighted by atomic mass is 15.3. The minimum atomic E-state index is 0.232. The van der Waals surface area contributed by atoms with Gasteiger partial charge in [-0.2, -0.15) is 5.26 Å². The predicted octanol–water partition coefficient (Wildman–Crippen LogP) is 1.46. The second-order valence-electron chi connectivity index (χ2n) is 5.66. The zero-order valence-electron chi connectivity index (χ0n) is 10.0. The zero-order valence-corrected chi connectivity index (χ0v) is 10.0. The van der Waals surface area contributed by atoms with Gasteiger partial charge < -0.3 is 4.90 Å². The van der Waals surface area contributed by atoms with E-state index in [-0.39, 0.29) is 5.54 Å². The van der Waals surface area contributed by atoms with Crippen molar-refractivity contribution < 1.29 is 0 Å². The number of rotatable bonds is 2. The minimum Gasteiger partial charge on any atom is -0.303 e. The molecule has 1 saturated heterocycles. The van der Waals surface area contributed by atoms with Crippen LogP contribution < -0.4 is 0 Å². The molecule has 0 aromatic heterocycles. The molecular formula is C12H21N3. The summed E-state index contributed by atoms with van der Waals surface area (Å²) in [6.45, 7) is 6.79. The van der Waals surface area contributed by atoms with E-state index in [1.165, 1.54) is 12.8 Å². The Morgan fingerprint density at radius 1 is 1.40 bits per heavy atom. The van der Waals surface area contributed by atoms with Gasteiger partial charge in [0.25, 0.3) is 0 Å². The van der Waals surface area contributed by atoms with E-state index < -0.39 is 0 Å². The first-order valence-corrected chi connectivity index (χ1v) is 5.88. The van der Waals surface area contributed by atoms with Gasteiger partial charge in [-0.15, -0.1) is 0 Å². The number of likely N-dealkylation sites (N-methyl/N-ethyl adjacent to an activating group) is 1. The third-order valence-corrected chi connectivity index (χ3v) is 3.54. The van der Waals surface area contributed by atoms with Gasteiger partial charge in [0.1, 0.15) is 0 Å². The van der Waals surface area contributed by atoms with E-state index >= 15 is 0 Å². The topological polar surface area (TPSA) is 30.3 Å². The maximum absolute atomic E-state index is 8.90. The molecular weight excluding hydrogens is 186 g/mol. The van der Waals surface area contributed by atoms with Crippen LogP contribution in [-0.4, -0.2) is 47.6 Å². The highest BCUT2D eigenvalue weighted by Crippen LogP contribution is 2.38. The second-order valence-corrected chi connectivity index (χ2v) is 5.66. The molecule has 0 N–H and O–H groups in total. The van der Waals surface area contributed by atoms with E-state index in [0.717, 1.165) is 19.1 Å². The molecule has 0 bridgehead atoms. The number of nitriles is 1. The van der Waals surface area contributed by atoms with Crippen molar-refractivity contribution in [3.8, 4) is 6.07 Å². The molecule has 3 heteroatoms. The standard InChI is InChI=1S/C12H21N3/c1-12(2)9-14(3)8-11(6-7-13)15(12)10-4-5-10/h10-11H,4-6,8-9H2,1-3H3. The van der Waals surface area contributed by atoms with Gasteiger partial charge in [0, 0.05) is 30.7 Å². The maximum Gasteiger partial charge on any atom is 0.0638 e. The second kappa shape index (κ2) is 3.77. The lowest BCUT2D eigenvalue weighted by Gasteiger charge is -2.51. The van der Waals surface area contributed by atoms with Gasteiger partial charge in [0.15, 0.2) is 0 Å². The molecule has 0 aromatic rings. The summed E-state index contributed by atoms with van der Waals surface area (Å²) in [5, 5.41) is 8.90. The first kappa shape index (κ1) is 10.9. The Labute approximate surface area is 92.7 Å². The van der Waals surface area contributed by atoms with Gasteiger partial charge in [-0.3, -0.25) is 4.90 Å². The summed E-state index contributed by atoms with van der Waals surface area (Å²) in [6.07, 6.45) is 3.33. The van der Waals surface area contributed by atoms with Gasteiger partial charge in [-0.05, 0) is 33.7 Å². The van der Waals surface area contributed by atoms with Crippen molar-refractivity contribution in [3.05, 3.63) is 0 Å². The molecule has 1 aliphatic carbocycles. The largest absolute Gasteiger partial charge is 0.303 e. The number of hydrogen-bond donors (Lipinski definition) is 0. The van der Waals surface area contributed by atoms with Crippen molar-refractivity contribution in [2.75, 3.05) is 20.1 Å².